The van der Waals surface area contributed by atoms with Crippen LogP contribution in [0.1, 0.15) is 6.92 Å². The maximum Gasteiger partial charge on any atom is 0.317 e. The van der Waals surface area contributed by atoms with Crippen LogP contribution in [0.25, 0.3) is 11.0 Å². The molecule has 0 spiro atoms. The number of imidazole rings is 1. The normalized spacial score (nSPS) is 12.1. The standard InChI is InChI=1S/C15H20N4O3/c1-11(14(20)21)9-18(2)15(22)16-7-8-19-10-17-12-5-3-4-6-13(12)19/h3-6,10-11H,7-9H2,1-2H3,(H,16,22)(H,20,21). The minimum atomic E-state index is -0.912. The van der Waals surface area contributed by atoms with E-state index in [9.17, 15) is 9.59 Å². The fourth-order valence-electron chi connectivity index (χ4n) is 2.18. The third-order valence-corrected chi connectivity index (χ3v) is 3.47. The summed E-state index contributed by atoms with van der Waals surface area (Å²) in [5, 5.41) is 11.6. The van der Waals surface area contributed by atoms with Crippen molar-refractivity contribution < 1.29 is 14.7 Å². The van der Waals surface area contributed by atoms with Gasteiger partial charge in [0.15, 0.2) is 0 Å². The first-order valence-corrected chi connectivity index (χ1v) is 7.10. The zero-order valence-corrected chi connectivity index (χ0v) is 12.7. The largest absolute Gasteiger partial charge is 0.481 e. The quantitative estimate of drug-likeness (QED) is 0.844. The number of hydrogen-bond acceptors (Lipinski definition) is 3. The molecule has 0 aliphatic carbocycles. The molecule has 2 amide bonds. The van der Waals surface area contributed by atoms with Crippen molar-refractivity contribution in [3.8, 4) is 0 Å². The highest BCUT2D eigenvalue weighted by atomic mass is 16.4. The fraction of sp³-hybridized carbons (Fsp3) is 0.400. The minimum Gasteiger partial charge on any atom is -0.481 e. The van der Waals surface area contributed by atoms with Crippen LogP contribution in [0.3, 0.4) is 0 Å². The molecular weight excluding hydrogens is 284 g/mol. The number of carboxylic acid groups (broad SMARTS) is 1. The molecule has 22 heavy (non-hydrogen) atoms. The van der Waals surface area contributed by atoms with Gasteiger partial charge in [0.1, 0.15) is 0 Å². The van der Waals surface area contributed by atoms with E-state index in [4.69, 9.17) is 5.11 Å². The number of carbonyl (C=O) groups excluding carboxylic acids is 1. The van der Waals surface area contributed by atoms with E-state index in [2.05, 4.69) is 10.3 Å². The number of amides is 2. The van der Waals surface area contributed by atoms with Gasteiger partial charge >= 0.3 is 12.0 Å². The van der Waals surface area contributed by atoms with Crippen molar-refractivity contribution in [1.29, 1.82) is 0 Å². The Morgan fingerprint density at radius 1 is 1.41 bits per heavy atom. The molecule has 1 unspecified atom stereocenters. The first-order chi connectivity index (χ1) is 10.5. The molecule has 0 radical (unpaired) electrons. The summed E-state index contributed by atoms with van der Waals surface area (Å²) in [7, 11) is 1.58. The molecule has 0 saturated carbocycles. The molecule has 1 heterocycles. The molecule has 7 nitrogen and oxygen atoms in total. The number of para-hydroxylation sites is 2. The van der Waals surface area contributed by atoms with Gasteiger partial charge in [0.2, 0.25) is 0 Å². The zero-order chi connectivity index (χ0) is 16.1. The molecule has 2 rings (SSSR count). The lowest BCUT2D eigenvalue weighted by Crippen LogP contribution is -2.41. The van der Waals surface area contributed by atoms with Gasteiger partial charge in [0.25, 0.3) is 0 Å². The number of fused-ring (bicyclic) bond motifs is 1. The highest BCUT2D eigenvalue weighted by molar-refractivity contribution is 5.76. The number of nitrogens with one attached hydrogen (secondary N) is 1. The molecule has 1 aromatic heterocycles. The number of aromatic nitrogens is 2. The number of nitrogens with zero attached hydrogens (tertiary/aromatic N) is 3. The summed E-state index contributed by atoms with van der Waals surface area (Å²) in [6.45, 7) is 2.80. The first kappa shape index (κ1) is 15.8. The second-order valence-electron chi connectivity index (χ2n) is 5.28. The first-order valence-electron chi connectivity index (χ1n) is 7.10. The number of hydrogen-bond donors (Lipinski definition) is 2. The number of urea groups is 1. The lowest BCUT2D eigenvalue weighted by atomic mass is 10.2. The van der Waals surface area contributed by atoms with Crippen molar-refractivity contribution in [1.82, 2.24) is 19.8 Å². The van der Waals surface area contributed by atoms with E-state index in [1.165, 1.54) is 4.90 Å². The van der Waals surface area contributed by atoms with Gasteiger partial charge in [-0.3, -0.25) is 4.79 Å². The Morgan fingerprint density at radius 2 is 2.14 bits per heavy atom. The number of carbonyl (C=O) groups is 2. The van der Waals surface area contributed by atoms with Crippen molar-refractivity contribution in [2.75, 3.05) is 20.1 Å². The molecule has 118 valence electrons. The van der Waals surface area contributed by atoms with Crippen molar-refractivity contribution in [3.63, 3.8) is 0 Å². The topological polar surface area (TPSA) is 87.5 Å². The van der Waals surface area contributed by atoms with Crippen molar-refractivity contribution in [2.24, 2.45) is 5.92 Å². The van der Waals surface area contributed by atoms with Crippen molar-refractivity contribution >= 4 is 23.0 Å². The molecular formula is C15H20N4O3. The number of rotatable bonds is 6. The Kier molecular flexibility index (Phi) is 4.98. The van der Waals surface area contributed by atoms with E-state index in [0.717, 1.165) is 11.0 Å². The molecule has 1 aromatic carbocycles. The molecule has 0 aliphatic rings. The van der Waals surface area contributed by atoms with Crippen LogP contribution in [-0.4, -0.2) is 51.7 Å². The van der Waals surface area contributed by atoms with E-state index >= 15 is 0 Å². The summed E-state index contributed by atoms with van der Waals surface area (Å²) < 4.78 is 1.97. The molecule has 7 heteroatoms. The summed E-state index contributed by atoms with van der Waals surface area (Å²) in [5.74, 6) is -1.50. The molecule has 2 N–H and O–H groups in total. The molecule has 1 atom stereocenters. The zero-order valence-electron chi connectivity index (χ0n) is 12.7. The molecule has 0 fully saturated rings. The van der Waals surface area contributed by atoms with Gasteiger partial charge in [-0.25, -0.2) is 9.78 Å². The second kappa shape index (κ2) is 6.93. The smallest absolute Gasteiger partial charge is 0.317 e. The molecule has 0 aliphatic heterocycles. The van der Waals surface area contributed by atoms with Gasteiger partial charge in [0, 0.05) is 26.7 Å². The fourth-order valence-corrected chi connectivity index (χ4v) is 2.18. The lowest BCUT2D eigenvalue weighted by Gasteiger charge is -2.20. The summed E-state index contributed by atoms with van der Waals surface area (Å²) in [5.41, 5.74) is 1.94. The van der Waals surface area contributed by atoms with Crippen LogP contribution in [0.4, 0.5) is 4.79 Å². The average Bonchev–Trinajstić information content (AvgIpc) is 2.90. The van der Waals surface area contributed by atoms with E-state index in [1.54, 1.807) is 20.3 Å². The van der Waals surface area contributed by atoms with Gasteiger partial charge < -0.3 is 19.9 Å². The number of carboxylic acids is 1. The van der Waals surface area contributed by atoms with Crippen molar-refractivity contribution in [3.05, 3.63) is 30.6 Å². The van der Waals surface area contributed by atoms with Crippen LogP contribution in [0, 0.1) is 5.92 Å². The Balaban J connectivity index is 1.83. The number of benzene rings is 1. The van der Waals surface area contributed by atoms with Crippen molar-refractivity contribution in [2.45, 2.75) is 13.5 Å². The van der Waals surface area contributed by atoms with Crippen LogP contribution in [0.15, 0.2) is 30.6 Å². The van der Waals surface area contributed by atoms with E-state index in [1.807, 2.05) is 28.8 Å². The lowest BCUT2D eigenvalue weighted by molar-refractivity contribution is -0.141. The van der Waals surface area contributed by atoms with E-state index < -0.39 is 11.9 Å². The summed E-state index contributed by atoms with van der Waals surface area (Å²) in [6, 6.07) is 7.51. The van der Waals surface area contributed by atoms with Gasteiger partial charge in [0.05, 0.1) is 23.3 Å². The van der Waals surface area contributed by atoms with Crippen LogP contribution in [0.2, 0.25) is 0 Å². The van der Waals surface area contributed by atoms with Crippen LogP contribution in [0.5, 0.6) is 0 Å². The highest BCUT2D eigenvalue weighted by Crippen LogP contribution is 2.11. The van der Waals surface area contributed by atoms with Gasteiger partial charge in [-0.1, -0.05) is 19.1 Å². The molecule has 0 saturated heterocycles. The molecule has 2 aromatic rings. The van der Waals surface area contributed by atoms with Gasteiger partial charge in [-0.2, -0.15) is 0 Å². The Hall–Kier alpha value is -2.57. The minimum absolute atomic E-state index is 0.176. The van der Waals surface area contributed by atoms with Gasteiger partial charge in [-0.05, 0) is 12.1 Å². The monoisotopic (exact) mass is 304 g/mol. The van der Waals surface area contributed by atoms with Crippen LogP contribution >= 0.6 is 0 Å². The predicted octanol–water partition coefficient (Wildman–Crippen LogP) is 1.40. The third kappa shape index (κ3) is 3.75. The predicted molar refractivity (Wildman–Crippen MR) is 82.6 cm³/mol. The summed E-state index contributed by atoms with van der Waals surface area (Å²) in [4.78, 5) is 28.3. The van der Waals surface area contributed by atoms with Gasteiger partial charge in [-0.15, -0.1) is 0 Å². The Labute approximate surface area is 128 Å². The molecule has 0 bridgehead atoms. The highest BCUT2D eigenvalue weighted by Gasteiger charge is 2.16. The van der Waals surface area contributed by atoms with E-state index in [-0.39, 0.29) is 12.6 Å². The van der Waals surface area contributed by atoms with E-state index in [0.29, 0.717) is 13.1 Å². The summed E-state index contributed by atoms with van der Waals surface area (Å²) >= 11 is 0. The maximum atomic E-state index is 11.9. The Morgan fingerprint density at radius 3 is 2.86 bits per heavy atom. The Bertz CT molecular complexity index is 668. The number of aliphatic carboxylic acids is 1. The van der Waals surface area contributed by atoms with Crippen LogP contribution in [-0.2, 0) is 11.3 Å². The van der Waals surface area contributed by atoms with Crippen LogP contribution < -0.4 is 5.32 Å². The maximum absolute atomic E-state index is 11.9. The SMILES string of the molecule is CC(CN(C)C(=O)NCCn1cnc2ccccc21)C(=O)O. The second-order valence-corrected chi connectivity index (χ2v) is 5.28. The summed E-state index contributed by atoms with van der Waals surface area (Å²) in [6.07, 6.45) is 1.74. The third-order valence-electron chi connectivity index (χ3n) is 3.47. The average molecular weight is 304 g/mol.